The van der Waals surface area contributed by atoms with Crippen molar-refractivity contribution in [2.24, 2.45) is 0 Å². The van der Waals surface area contributed by atoms with Crippen molar-refractivity contribution in [2.45, 2.75) is 19.1 Å². The lowest BCUT2D eigenvalue weighted by Gasteiger charge is -2.21. The van der Waals surface area contributed by atoms with Gasteiger partial charge in [-0.05, 0) is 46.6 Å². The molecule has 5 heteroatoms. The normalized spacial score (nSPS) is 13.1. The molecule has 0 fully saturated rings. The van der Waals surface area contributed by atoms with Crippen molar-refractivity contribution in [1.29, 1.82) is 0 Å². The third kappa shape index (κ3) is 3.33. The highest BCUT2D eigenvalue weighted by Crippen LogP contribution is 2.36. The van der Waals surface area contributed by atoms with E-state index in [2.05, 4.69) is 21.2 Å². The molecule has 0 radical (unpaired) electrons. The molecule has 0 aromatic heterocycles. The minimum atomic E-state index is -4.35. The van der Waals surface area contributed by atoms with Crippen LogP contribution in [0.3, 0.4) is 0 Å². The summed E-state index contributed by atoms with van der Waals surface area (Å²) in [6.45, 7) is 1.71. The number of para-hydroxylation sites is 1. The van der Waals surface area contributed by atoms with E-state index in [9.17, 15) is 13.2 Å². The van der Waals surface area contributed by atoms with E-state index in [-0.39, 0.29) is 5.56 Å². The van der Waals surface area contributed by atoms with Crippen LogP contribution in [0.15, 0.2) is 53.0 Å². The van der Waals surface area contributed by atoms with E-state index in [1.54, 1.807) is 13.0 Å². The van der Waals surface area contributed by atoms with Gasteiger partial charge in [-0.3, -0.25) is 0 Å². The van der Waals surface area contributed by atoms with Crippen LogP contribution in [-0.2, 0) is 6.18 Å². The highest BCUT2D eigenvalue weighted by atomic mass is 79.9. The Kier molecular flexibility index (Phi) is 4.38. The van der Waals surface area contributed by atoms with Crippen LogP contribution in [0.2, 0.25) is 0 Å². The van der Waals surface area contributed by atoms with Crippen molar-refractivity contribution < 1.29 is 13.2 Å². The maximum Gasteiger partial charge on any atom is 0.416 e. The van der Waals surface area contributed by atoms with Gasteiger partial charge in [-0.25, -0.2) is 0 Å². The Hall–Kier alpha value is -1.49. The fourth-order valence-electron chi connectivity index (χ4n) is 2.02. The Balaban J connectivity index is 2.31. The van der Waals surface area contributed by atoms with Crippen molar-refractivity contribution in [3.63, 3.8) is 0 Å². The molecular formula is C15H13BrF3N. The molecule has 2 aromatic carbocycles. The molecule has 0 aliphatic heterocycles. The largest absolute Gasteiger partial charge is 0.416 e. The zero-order valence-corrected chi connectivity index (χ0v) is 12.3. The summed E-state index contributed by atoms with van der Waals surface area (Å²) in [4.78, 5) is 0. The van der Waals surface area contributed by atoms with Crippen LogP contribution >= 0.6 is 15.9 Å². The molecule has 0 saturated heterocycles. The van der Waals surface area contributed by atoms with E-state index in [1.165, 1.54) is 12.1 Å². The Morgan fingerprint density at radius 2 is 1.60 bits per heavy atom. The van der Waals surface area contributed by atoms with Gasteiger partial charge in [0.15, 0.2) is 0 Å². The van der Waals surface area contributed by atoms with Gasteiger partial charge in [-0.15, -0.1) is 0 Å². The highest BCUT2D eigenvalue weighted by Gasteiger charge is 2.34. The van der Waals surface area contributed by atoms with Gasteiger partial charge in [0, 0.05) is 16.2 Å². The summed E-state index contributed by atoms with van der Waals surface area (Å²) >= 11 is 3.37. The number of rotatable bonds is 3. The van der Waals surface area contributed by atoms with Gasteiger partial charge in [0.05, 0.1) is 5.56 Å². The third-order valence-electron chi connectivity index (χ3n) is 2.98. The minimum absolute atomic E-state index is 0.232. The molecule has 1 nitrogen and oxygen atoms in total. The third-order valence-corrected chi connectivity index (χ3v) is 3.67. The maximum absolute atomic E-state index is 13.0. The van der Waals surface area contributed by atoms with Crippen molar-refractivity contribution in [1.82, 2.24) is 0 Å². The van der Waals surface area contributed by atoms with E-state index in [1.807, 2.05) is 24.3 Å². The van der Waals surface area contributed by atoms with Crippen LogP contribution in [0.1, 0.15) is 24.1 Å². The number of hydrogen-bond acceptors (Lipinski definition) is 1. The molecule has 1 unspecified atom stereocenters. The number of hydrogen-bond donors (Lipinski definition) is 1. The van der Waals surface area contributed by atoms with Crippen molar-refractivity contribution in [3.8, 4) is 0 Å². The Bertz CT molecular complexity index is 596. The second kappa shape index (κ2) is 5.87. The van der Waals surface area contributed by atoms with Gasteiger partial charge in [0.1, 0.15) is 0 Å². The number of benzene rings is 2. The number of alkyl halides is 3. The van der Waals surface area contributed by atoms with Gasteiger partial charge >= 0.3 is 6.18 Å². The minimum Gasteiger partial charge on any atom is -0.378 e. The quantitative estimate of drug-likeness (QED) is 0.760. The van der Waals surface area contributed by atoms with Gasteiger partial charge < -0.3 is 5.32 Å². The summed E-state index contributed by atoms with van der Waals surface area (Å²) in [5.74, 6) is 0. The van der Waals surface area contributed by atoms with Crippen LogP contribution in [0.25, 0.3) is 0 Å². The molecule has 1 N–H and O–H groups in total. The Morgan fingerprint density at radius 1 is 1.00 bits per heavy atom. The zero-order valence-electron chi connectivity index (χ0n) is 10.7. The van der Waals surface area contributed by atoms with Crippen LogP contribution < -0.4 is 5.32 Å². The molecule has 0 bridgehead atoms. The molecule has 0 aliphatic carbocycles. The average Bonchev–Trinajstić information content (AvgIpc) is 2.40. The van der Waals surface area contributed by atoms with Gasteiger partial charge in [-0.2, -0.15) is 13.2 Å². The predicted molar refractivity (Wildman–Crippen MR) is 77.6 cm³/mol. The van der Waals surface area contributed by atoms with Crippen LogP contribution in [-0.4, -0.2) is 0 Å². The van der Waals surface area contributed by atoms with Crippen LogP contribution in [0, 0.1) is 0 Å². The lowest BCUT2D eigenvalue weighted by Crippen LogP contribution is -2.15. The monoisotopic (exact) mass is 343 g/mol. The fourth-order valence-corrected chi connectivity index (χ4v) is 2.42. The average molecular weight is 344 g/mol. The molecule has 0 heterocycles. The number of anilines is 1. The standard InChI is InChI=1S/C15H13BrF3N/c1-10(20-14-9-5-4-8-13(14)16)11-6-2-3-7-12(11)15(17,18)19/h2-10,20H,1H3. The molecule has 2 rings (SSSR count). The SMILES string of the molecule is CC(Nc1ccccc1Br)c1ccccc1C(F)(F)F. The van der Waals surface area contributed by atoms with Crippen molar-refractivity contribution in [2.75, 3.05) is 5.32 Å². The van der Waals surface area contributed by atoms with Crippen LogP contribution in [0.4, 0.5) is 18.9 Å². The summed E-state index contributed by atoms with van der Waals surface area (Å²) in [5.41, 5.74) is 0.389. The molecular weight excluding hydrogens is 331 g/mol. The fraction of sp³-hybridized carbons (Fsp3) is 0.200. The smallest absolute Gasteiger partial charge is 0.378 e. The lowest BCUT2D eigenvalue weighted by molar-refractivity contribution is -0.138. The molecule has 0 saturated carbocycles. The second-order valence-electron chi connectivity index (χ2n) is 4.43. The summed E-state index contributed by atoms with van der Waals surface area (Å²) in [6.07, 6.45) is -4.35. The van der Waals surface area contributed by atoms with Gasteiger partial charge in [0.25, 0.3) is 0 Å². The zero-order chi connectivity index (χ0) is 14.8. The van der Waals surface area contributed by atoms with E-state index in [0.29, 0.717) is 0 Å². The summed E-state index contributed by atoms with van der Waals surface area (Å²) < 4.78 is 39.8. The molecule has 2 aromatic rings. The first kappa shape index (κ1) is 14.9. The van der Waals surface area contributed by atoms with E-state index in [4.69, 9.17) is 0 Å². The summed E-state index contributed by atoms with van der Waals surface area (Å²) in [5, 5.41) is 3.09. The Morgan fingerprint density at radius 3 is 2.25 bits per heavy atom. The highest BCUT2D eigenvalue weighted by molar-refractivity contribution is 9.10. The first-order valence-corrected chi connectivity index (χ1v) is 6.86. The summed E-state index contributed by atoms with van der Waals surface area (Å²) in [6, 6.07) is 12.5. The van der Waals surface area contributed by atoms with Crippen molar-refractivity contribution >= 4 is 21.6 Å². The van der Waals surface area contributed by atoms with E-state index >= 15 is 0 Å². The second-order valence-corrected chi connectivity index (χ2v) is 5.29. The molecule has 1 atom stereocenters. The topological polar surface area (TPSA) is 12.0 Å². The molecule has 20 heavy (non-hydrogen) atoms. The molecule has 0 amide bonds. The molecule has 106 valence electrons. The van der Waals surface area contributed by atoms with Crippen LogP contribution in [0.5, 0.6) is 0 Å². The van der Waals surface area contributed by atoms with E-state index < -0.39 is 17.8 Å². The lowest BCUT2D eigenvalue weighted by atomic mass is 10.0. The Labute approximate surface area is 123 Å². The number of halogens is 4. The van der Waals surface area contributed by atoms with E-state index in [0.717, 1.165) is 16.2 Å². The van der Waals surface area contributed by atoms with Gasteiger partial charge in [0.2, 0.25) is 0 Å². The number of nitrogens with one attached hydrogen (secondary N) is 1. The van der Waals surface area contributed by atoms with Gasteiger partial charge in [-0.1, -0.05) is 30.3 Å². The maximum atomic E-state index is 13.0. The first-order chi connectivity index (χ1) is 9.39. The first-order valence-electron chi connectivity index (χ1n) is 6.07. The summed E-state index contributed by atoms with van der Waals surface area (Å²) in [7, 11) is 0. The molecule has 0 aliphatic rings. The van der Waals surface area contributed by atoms with Crippen molar-refractivity contribution in [3.05, 3.63) is 64.1 Å². The molecule has 0 spiro atoms. The predicted octanol–water partition coefficient (Wildman–Crippen LogP) is 5.64.